The maximum Gasteiger partial charge on any atom is 0.127 e. The molecule has 0 saturated carbocycles. The molecule has 0 atom stereocenters. The molecular formula is C34H38N2O2. The van der Waals surface area contributed by atoms with Crippen molar-refractivity contribution in [2.24, 2.45) is 0 Å². The van der Waals surface area contributed by atoms with E-state index in [1.165, 1.54) is 22.7 Å². The maximum absolute atomic E-state index is 6.15. The summed E-state index contributed by atoms with van der Waals surface area (Å²) < 4.78 is 12.3. The Hall–Kier alpha value is -3.92. The molecule has 0 fully saturated rings. The summed E-state index contributed by atoms with van der Waals surface area (Å²) in [5.74, 6) is 1.84. The molecule has 0 aliphatic carbocycles. The summed E-state index contributed by atoms with van der Waals surface area (Å²) in [7, 11) is 0. The van der Waals surface area contributed by atoms with Crippen LogP contribution in [0.25, 0.3) is 22.3 Å². The first-order valence-electron chi connectivity index (χ1n) is 13.8. The molecule has 0 spiro atoms. The van der Waals surface area contributed by atoms with Crippen molar-refractivity contribution in [1.29, 1.82) is 0 Å². The minimum Gasteiger partial charge on any atom is -0.490 e. The normalized spacial score (nSPS) is 12.5. The van der Waals surface area contributed by atoms with Crippen LogP contribution in [-0.2, 0) is 0 Å². The number of benzene rings is 4. The number of nitrogens with zero attached hydrogens (tertiary/aromatic N) is 2. The zero-order chi connectivity index (χ0) is 26.8. The molecule has 1 heterocycles. The number of rotatable bonds is 8. The zero-order valence-electron chi connectivity index (χ0n) is 23.4. The van der Waals surface area contributed by atoms with Crippen molar-refractivity contribution >= 4 is 22.7 Å². The number of fused-ring (bicyclic) bond motifs is 2. The Labute approximate surface area is 227 Å². The van der Waals surface area contributed by atoms with E-state index in [1.807, 2.05) is 12.1 Å². The van der Waals surface area contributed by atoms with E-state index in [1.54, 1.807) is 0 Å². The summed E-state index contributed by atoms with van der Waals surface area (Å²) in [6.07, 6.45) is 0.238. The fourth-order valence-corrected chi connectivity index (χ4v) is 5.34. The van der Waals surface area contributed by atoms with Crippen molar-refractivity contribution in [2.45, 2.75) is 53.8 Å². The van der Waals surface area contributed by atoms with E-state index in [4.69, 9.17) is 9.47 Å². The number of hydrogen-bond donors (Lipinski definition) is 0. The van der Waals surface area contributed by atoms with Gasteiger partial charge in [-0.3, -0.25) is 0 Å². The predicted molar refractivity (Wildman–Crippen MR) is 161 cm³/mol. The molecule has 4 nitrogen and oxygen atoms in total. The Morgan fingerprint density at radius 3 is 1.29 bits per heavy atom. The summed E-state index contributed by atoms with van der Waals surface area (Å²) in [6.45, 7) is 14.5. The van der Waals surface area contributed by atoms with E-state index in [0.717, 1.165) is 46.8 Å². The van der Waals surface area contributed by atoms with E-state index < -0.39 is 0 Å². The average molecular weight is 507 g/mol. The second-order valence-corrected chi connectivity index (χ2v) is 10.2. The lowest BCUT2D eigenvalue weighted by atomic mass is 9.97. The molecule has 38 heavy (non-hydrogen) atoms. The molecule has 1 aliphatic heterocycles. The summed E-state index contributed by atoms with van der Waals surface area (Å²) in [6, 6.07) is 30.2. The summed E-state index contributed by atoms with van der Waals surface area (Å²) in [4.78, 5) is 4.85. The van der Waals surface area contributed by atoms with Gasteiger partial charge in [-0.2, -0.15) is 0 Å². The number of anilines is 4. The number of para-hydroxylation sites is 2. The SMILES string of the molecule is CCN1c2ccc(-c3ccccc3OC(C)C)cc2N(CC)c2ccc(-c3ccccc3OC(C)C)cc21. The molecule has 1 aliphatic rings. The van der Waals surface area contributed by atoms with E-state index >= 15 is 0 Å². The maximum atomic E-state index is 6.15. The van der Waals surface area contributed by atoms with Gasteiger partial charge in [0.1, 0.15) is 11.5 Å². The van der Waals surface area contributed by atoms with Crippen LogP contribution in [0.4, 0.5) is 22.7 Å². The lowest BCUT2D eigenvalue weighted by molar-refractivity contribution is 0.243. The second-order valence-electron chi connectivity index (χ2n) is 10.2. The second kappa shape index (κ2) is 10.8. The van der Waals surface area contributed by atoms with Crippen LogP contribution >= 0.6 is 0 Å². The van der Waals surface area contributed by atoms with Crippen molar-refractivity contribution in [2.75, 3.05) is 22.9 Å². The smallest absolute Gasteiger partial charge is 0.127 e. The predicted octanol–water partition coefficient (Wildman–Crippen LogP) is 9.22. The third-order valence-corrected chi connectivity index (χ3v) is 6.87. The van der Waals surface area contributed by atoms with Gasteiger partial charge in [-0.25, -0.2) is 0 Å². The highest BCUT2D eigenvalue weighted by Gasteiger charge is 2.28. The van der Waals surface area contributed by atoms with Crippen LogP contribution in [0.3, 0.4) is 0 Å². The molecule has 4 aromatic rings. The summed E-state index contributed by atoms with van der Waals surface area (Å²) in [5.41, 5.74) is 9.43. The van der Waals surface area contributed by atoms with Crippen molar-refractivity contribution in [3.8, 4) is 33.8 Å². The van der Waals surface area contributed by atoms with Crippen LogP contribution in [0.15, 0.2) is 84.9 Å². The first-order chi connectivity index (χ1) is 18.4. The van der Waals surface area contributed by atoms with Gasteiger partial charge in [0.25, 0.3) is 0 Å². The minimum absolute atomic E-state index is 0.119. The van der Waals surface area contributed by atoms with Crippen LogP contribution in [0, 0.1) is 0 Å². The molecule has 4 heteroatoms. The molecule has 0 unspecified atom stereocenters. The van der Waals surface area contributed by atoms with Gasteiger partial charge in [0.05, 0.1) is 35.0 Å². The Morgan fingerprint density at radius 2 is 0.921 bits per heavy atom. The van der Waals surface area contributed by atoms with Crippen molar-refractivity contribution in [1.82, 2.24) is 0 Å². The molecule has 0 N–H and O–H groups in total. The van der Waals surface area contributed by atoms with E-state index in [-0.39, 0.29) is 12.2 Å². The van der Waals surface area contributed by atoms with Crippen molar-refractivity contribution < 1.29 is 9.47 Å². The quantitative estimate of drug-likeness (QED) is 0.238. The first-order valence-corrected chi connectivity index (χ1v) is 13.8. The van der Waals surface area contributed by atoms with Crippen molar-refractivity contribution in [3.05, 3.63) is 84.9 Å². The van der Waals surface area contributed by atoms with Gasteiger partial charge < -0.3 is 19.3 Å². The summed E-state index contributed by atoms with van der Waals surface area (Å²) in [5, 5.41) is 0. The van der Waals surface area contributed by atoms with E-state index in [2.05, 4.69) is 124 Å². The van der Waals surface area contributed by atoms with E-state index in [0.29, 0.717) is 0 Å². The Balaban J connectivity index is 1.60. The third kappa shape index (κ3) is 4.83. The molecule has 0 aromatic heterocycles. The molecule has 5 rings (SSSR count). The van der Waals surface area contributed by atoms with E-state index in [9.17, 15) is 0 Å². The fourth-order valence-electron chi connectivity index (χ4n) is 5.34. The van der Waals surface area contributed by atoms with Gasteiger partial charge in [0.2, 0.25) is 0 Å². The first kappa shape index (κ1) is 25.7. The van der Waals surface area contributed by atoms with Crippen molar-refractivity contribution in [3.63, 3.8) is 0 Å². The highest BCUT2D eigenvalue weighted by atomic mass is 16.5. The van der Waals surface area contributed by atoms with Gasteiger partial charge in [0.15, 0.2) is 0 Å². The Morgan fingerprint density at radius 1 is 0.526 bits per heavy atom. The van der Waals surface area contributed by atoms with Gasteiger partial charge in [0, 0.05) is 24.2 Å². The molecule has 0 saturated heterocycles. The minimum atomic E-state index is 0.119. The molecule has 196 valence electrons. The van der Waals surface area contributed by atoms with Gasteiger partial charge in [-0.1, -0.05) is 48.5 Å². The standard InChI is InChI=1S/C34H38N2O2/c1-7-35-29-19-17-26(28-14-10-12-16-34(28)38-24(5)6)22-32(29)36(8-2)30-20-18-25(21-31(30)35)27-13-9-11-15-33(27)37-23(3)4/h9-24H,7-8H2,1-6H3. The lowest BCUT2D eigenvalue weighted by Crippen LogP contribution is -2.29. The zero-order valence-corrected chi connectivity index (χ0v) is 23.4. The highest BCUT2D eigenvalue weighted by Crippen LogP contribution is 2.50. The highest BCUT2D eigenvalue weighted by molar-refractivity contribution is 5.97. The molecule has 0 radical (unpaired) electrons. The van der Waals surface area contributed by atoms with Gasteiger partial charge in [-0.05, 0) is 89.1 Å². The Bertz CT molecular complexity index is 1320. The van der Waals surface area contributed by atoms with Gasteiger partial charge >= 0.3 is 0 Å². The van der Waals surface area contributed by atoms with Gasteiger partial charge in [-0.15, -0.1) is 0 Å². The largest absolute Gasteiger partial charge is 0.490 e. The topological polar surface area (TPSA) is 24.9 Å². The van der Waals surface area contributed by atoms with Crippen LogP contribution in [-0.4, -0.2) is 25.3 Å². The van der Waals surface area contributed by atoms with Crippen LogP contribution < -0.4 is 19.3 Å². The molecular weight excluding hydrogens is 468 g/mol. The monoisotopic (exact) mass is 506 g/mol. The van der Waals surface area contributed by atoms with Crippen LogP contribution in [0.5, 0.6) is 11.5 Å². The molecule has 0 bridgehead atoms. The fraction of sp³-hybridized carbons (Fsp3) is 0.294. The summed E-state index contributed by atoms with van der Waals surface area (Å²) >= 11 is 0. The molecule has 0 amide bonds. The number of ether oxygens (including phenoxy) is 2. The lowest BCUT2D eigenvalue weighted by Gasteiger charge is -2.40. The Kier molecular flexibility index (Phi) is 7.33. The number of hydrogen-bond acceptors (Lipinski definition) is 4. The van der Waals surface area contributed by atoms with Crippen LogP contribution in [0.1, 0.15) is 41.5 Å². The van der Waals surface area contributed by atoms with Crippen LogP contribution in [0.2, 0.25) is 0 Å². The average Bonchev–Trinajstić information content (AvgIpc) is 2.91. The third-order valence-electron chi connectivity index (χ3n) is 6.87. The molecule has 4 aromatic carbocycles.